The van der Waals surface area contributed by atoms with E-state index in [1.807, 2.05) is 30.3 Å². The van der Waals surface area contributed by atoms with Crippen LogP contribution >= 0.6 is 11.3 Å². The van der Waals surface area contributed by atoms with Gasteiger partial charge in [-0.25, -0.2) is 0 Å². The zero-order valence-electron chi connectivity index (χ0n) is 10.9. The van der Waals surface area contributed by atoms with Crippen molar-refractivity contribution in [1.29, 1.82) is 0 Å². The molecule has 19 heavy (non-hydrogen) atoms. The minimum Gasteiger partial charge on any atom is -0.350 e. The molecule has 0 saturated carbocycles. The molecule has 2 aromatic rings. The number of aryl methyl sites for hydroxylation is 1. The molecule has 2 rings (SSSR count). The Morgan fingerprint density at radius 3 is 2.53 bits per heavy atom. The van der Waals surface area contributed by atoms with Crippen molar-refractivity contribution < 1.29 is 4.79 Å². The maximum Gasteiger partial charge on any atom is 0.241 e. The fourth-order valence-electron chi connectivity index (χ4n) is 1.80. The van der Waals surface area contributed by atoms with Crippen LogP contribution in [0.4, 0.5) is 0 Å². The second-order valence-electron chi connectivity index (χ2n) is 4.33. The summed E-state index contributed by atoms with van der Waals surface area (Å²) in [7, 11) is 0. The summed E-state index contributed by atoms with van der Waals surface area (Å²) in [5.41, 5.74) is 6.76. The topological polar surface area (TPSA) is 55.1 Å². The lowest BCUT2D eigenvalue weighted by Crippen LogP contribution is -2.33. The van der Waals surface area contributed by atoms with E-state index in [2.05, 4.69) is 24.4 Å². The molecule has 3 nitrogen and oxygen atoms in total. The predicted octanol–water partition coefficient (Wildman–Crippen LogP) is 2.63. The molecule has 0 radical (unpaired) electrons. The van der Waals surface area contributed by atoms with E-state index < -0.39 is 6.04 Å². The minimum absolute atomic E-state index is 0.141. The van der Waals surface area contributed by atoms with Gasteiger partial charge in [0.25, 0.3) is 0 Å². The first-order valence-corrected chi connectivity index (χ1v) is 7.18. The first kappa shape index (κ1) is 13.8. The van der Waals surface area contributed by atoms with Gasteiger partial charge in [-0.1, -0.05) is 37.3 Å². The van der Waals surface area contributed by atoms with Gasteiger partial charge < -0.3 is 11.1 Å². The third-order valence-electron chi connectivity index (χ3n) is 2.94. The van der Waals surface area contributed by atoms with E-state index in [1.165, 1.54) is 4.88 Å². The smallest absolute Gasteiger partial charge is 0.241 e. The summed E-state index contributed by atoms with van der Waals surface area (Å²) >= 11 is 1.73. The van der Waals surface area contributed by atoms with Crippen LogP contribution in [0.1, 0.15) is 28.3 Å². The number of carbonyl (C=O) groups is 1. The van der Waals surface area contributed by atoms with E-state index in [0.717, 1.165) is 16.9 Å². The van der Waals surface area contributed by atoms with Crippen molar-refractivity contribution in [3.05, 3.63) is 57.8 Å². The molecule has 1 aromatic heterocycles. The van der Waals surface area contributed by atoms with Gasteiger partial charge in [0.05, 0.1) is 6.54 Å². The summed E-state index contributed by atoms with van der Waals surface area (Å²) in [4.78, 5) is 14.4. The molecule has 1 heterocycles. The number of hydrogen-bond donors (Lipinski definition) is 2. The van der Waals surface area contributed by atoms with E-state index in [1.54, 1.807) is 11.3 Å². The fourth-order valence-corrected chi connectivity index (χ4v) is 2.70. The van der Waals surface area contributed by atoms with Crippen molar-refractivity contribution in [2.45, 2.75) is 25.9 Å². The Bertz CT molecular complexity index is 536. The summed E-state index contributed by atoms with van der Waals surface area (Å²) in [6.45, 7) is 2.67. The third-order valence-corrected chi connectivity index (χ3v) is 4.17. The number of amides is 1. The van der Waals surface area contributed by atoms with Crippen LogP contribution in [-0.2, 0) is 17.8 Å². The van der Waals surface area contributed by atoms with Crippen LogP contribution in [0.2, 0.25) is 0 Å². The molecule has 0 saturated heterocycles. The van der Waals surface area contributed by atoms with Gasteiger partial charge >= 0.3 is 0 Å². The Hall–Kier alpha value is -1.65. The van der Waals surface area contributed by atoms with Crippen molar-refractivity contribution in [3.8, 4) is 0 Å². The Labute approximate surface area is 117 Å². The minimum atomic E-state index is -0.605. The number of carbonyl (C=O) groups excluding carboxylic acids is 1. The SMILES string of the molecule is CCc1ccc(CNC(=O)C(N)c2ccccc2)s1. The molecular weight excluding hydrogens is 256 g/mol. The maximum absolute atomic E-state index is 12.0. The zero-order valence-corrected chi connectivity index (χ0v) is 11.7. The molecule has 1 atom stereocenters. The fraction of sp³-hybridized carbons (Fsp3) is 0.267. The third kappa shape index (κ3) is 3.66. The lowest BCUT2D eigenvalue weighted by Gasteiger charge is -2.11. The molecule has 0 aliphatic heterocycles. The van der Waals surface area contributed by atoms with Crippen LogP contribution in [0.5, 0.6) is 0 Å². The summed E-state index contributed by atoms with van der Waals surface area (Å²) in [6.07, 6.45) is 1.03. The summed E-state index contributed by atoms with van der Waals surface area (Å²) in [5.74, 6) is -0.141. The standard InChI is InChI=1S/C15H18N2OS/c1-2-12-8-9-13(19-12)10-17-15(18)14(16)11-6-4-3-5-7-11/h3-9,14H,2,10,16H2,1H3,(H,17,18). The van der Waals surface area contributed by atoms with Gasteiger partial charge in [0, 0.05) is 9.75 Å². The molecule has 0 spiro atoms. The number of nitrogens with one attached hydrogen (secondary N) is 1. The predicted molar refractivity (Wildman–Crippen MR) is 78.9 cm³/mol. The average molecular weight is 274 g/mol. The molecule has 0 bridgehead atoms. The zero-order chi connectivity index (χ0) is 13.7. The lowest BCUT2D eigenvalue weighted by atomic mass is 10.1. The summed E-state index contributed by atoms with van der Waals surface area (Å²) < 4.78 is 0. The highest BCUT2D eigenvalue weighted by atomic mass is 32.1. The molecule has 3 N–H and O–H groups in total. The van der Waals surface area contributed by atoms with Gasteiger partial charge in [-0.2, -0.15) is 0 Å². The molecule has 4 heteroatoms. The maximum atomic E-state index is 12.0. The monoisotopic (exact) mass is 274 g/mol. The number of hydrogen-bond acceptors (Lipinski definition) is 3. The number of thiophene rings is 1. The first-order chi connectivity index (χ1) is 9.20. The van der Waals surface area contributed by atoms with Crippen molar-refractivity contribution in [2.24, 2.45) is 5.73 Å². The number of rotatable bonds is 5. The average Bonchev–Trinajstić information content (AvgIpc) is 2.93. The first-order valence-electron chi connectivity index (χ1n) is 6.36. The van der Waals surface area contributed by atoms with Crippen LogP contribution in [0.3, 0.4) is 0 Å². The quantitative estimate of drug-likeness (QED) is 0.880. The Morgan fingerprint density at radius 2 is 1.89 bits per heavy atom. The van der Waals surface area contributed by atoms with Crippen LogP contribution in [-0.4, -0.2) is 5.91 Å². The van der Waals surface area contributed by atoms with Crippen LogP contribution in [0.25, 0.3) is 0 Å². The van der Waals surface area contributed by atoms with Gasteiger partial charge in [0.15, 0.2) is 0 Å². The number of nitrogens with two attached hydrogens (primary N) is 1. The molecule has 0 fully saturated rings. The van der Waals surface area contributed by atoms with Crippen LogP contribution in [0.15, 0.2) is 42.5 Å². The normalized spacial score (nSPS) is 12.1. The molecule has 100 valence electrons. The summed E-state index contributed by atoms with van der Waals surface area (Å²) in [5, 5.41) is 2.88. The molecule has 1 unspecified atom stereocenters. The highest BCUT2D eigenvalue weighted by Gasteiger charge is 2.14. The van der Waals surface area contributed by atoms with Gasteiger partial charge in [-0.15, -0.1) is 11.3 Å². The molecule has 0 aliphatic rings. The molecule has 1 amide bonds. The van der Waals surface area contributed by atoms with Crippen LogP contribution < -0.4 is 11.1 Å². The van der Waals surface area contributed by atoms with E-state index in [9.17, 15) is 4.79 Å². The Balaban J connectivity index is 1.91. The van der Waals surface area contributed by atoms with E-state index in [4.69, 9.17) is 5.73 Å². The lowest BCUT2D eigenvalue weighted by molar-refractivity contribution is -0.122. The number of benzene rings is 1. The highest BCUT2D eigenvalue weighted by Crippen LogP contribution is 2.17. The highest BCUT2D eigenvalue weighted by molar-refractivity contribution is 7.11. The van der Waals surface area contributed by atoms with Crippen molar-refractivity contribution in [3.63, 3.8) is 0 Å². The second-order valence-corrected chi connectivity index (χ2v) is 5.58. The van der Waals surface area contributed by atoms with E-state index in [-0.39, 0.29) is 5.91 Å². The van der Waals surface area contributed by atoms with Gasteiger partial charge in [0.1, 0.15) is 6.04 Å². The largest absolute Gasteiger partial charge is 0.350 e. The van der Waals surface area contributed by atoms with Gasteiger partial charge in [-0.05, 0) is 24.1 Å². The Kier molecular flexibility index (Phi) is 4.71. The van der Waals surface area contributed by atoms with Gasteiger partial charge in [-0.3, -0.25) is 4.79 Å². The second kappa shape index (κ2) is 6.50. The van der Waals surface area contributed by atoms with E-state index in [0.29, 0.717) is 6.54 Å². The van der Waals surface area contributed by atoms with Gasteiger partial charge in [0.2, 0.25) is 5.91 Å². The van der Waals surface area contributed by atoms with Crippen molar-refractivity contribution in [2.75, 3.05) is 0 Å². The summed E-state index contributed by atoms with van der Waals surface area (Å²) in [6, 6.07) is 13.0. The van der Waals surface area contributed by atoms with Crippen molar-refractivity contribution in [1.82, 2.24) is 5.32 Å². The Morgan fingerprint density at radius 1 is 1.21 bits per heavy atom. The molecule has 0 aliphatic carbocycles. The van der Waals surface area contributed by atoms with E-state index >= 15 is 0 Å². The van der Waals surface area contributed by atoms with Crippen LogP contribution in [0, 0.1) is 0 Å². The van der Waals surface area contributed by atoms with Crippen molar-refractivity contribution >= 4 is 17.2 Å². The molecular formula is C15H18N2OS. The molecule has 1 aromatic carbocycles.